The number of ether oxygens (including phenoxy) is 2. The van der Waals surface area contributed by atoms with E-state index >= 15 is 0 Å². The molecule has 0 aliphatic carbocycles. The van der Waals surface area contributed by atoms with Crippen LogP contribution in [0.25, 0.3) is 0 Å². The van der Waals surface area contributed by atoms with Crippen LogP contribution in [0.3, 0.4) is 0 Å². The summed E-state index contributed by atoms with van der Waals surface area (Å²) in [6, 6.07) is 7.63. The first-order chi connectivity index (χ1) is 12.7. The lowest BCUT2D eigenvalue weighted by Crippen LogP contribution is -2.18. The molecule has 2 aromatic carbocycles. The van der Waals surface area contributed by atoms with Gasteiger partial charge in [0.25, 0.3) is 10.0 Å². The van der Waals surface area contributed by atoms with Gasteiger partial charge in [0.05, 0.1) is 28.8 Å². The number of hydrogen-bond donors (Lipinski definition) is 1. The maximum absolute atomic E-state index is 12.9. The van der Waals surface area contributed by atoms with Crippen LogP contribution in [0.1, 0.15) is 26.3 Å². The van der Waals surface area contributed by atoms with Crippen molar-refractivity contribution in [2.45, 2.75) is 31.8 Å². The van der Waals surface area contributed by atoms with Crippen molar-refractivity contribution in [3.8, 4) is 11.5 Å². The van der Waals surface area contributed by atoms with E-state index in [1.54, 1.807) is 12.1 Å². The fourth-order valence-corrected chi connectivity index (χ4v) is 3.17. The van der Waals surface area contributed by atoms with Crippen molar-refractivity contribution in [1.29, 1.82) is 0 Å². The molecule has 1 N–H and O–H groups in total. The molecule has 0 spiro atoms. The van der Waals surface area contributed by atoms with Gasteiger partial charge in [-0.3, -0.25) is 0 Å². The lowest BCUT2D eigenvalue weighted by molar-refractivity contribution is 0.224. The SMILES string of the molecule is CCOc1cc(/C=N/NS(=O)(=O)c2ccc(F)cc2)cc(Cl)c1OC(C)C. The Morgan fingerprint density at radius 3 is 2.52 bits per heavy atom. The number of halogens is 2. The van der Waals surface area contributed by atoms with Crippen LogP contribution in [0, 0.1) is 5.82 Å². The number of hydrazone groups is 1. The molecule has 0 aromatic heterocycles. The van der Waals surface area contributed by atoms with Crippen molar-refractivity contribution in [3.05, 3.63) is 52.8 Å². The fraction of sp³-hybridized carbons (Fsp3) is 0.278. The molecule has 0 aliphatic rings. The number of rotatable bonds is 8. The third kappa shape index (κ3) is 5.83. The van der Waals surface area contributed by atoms with Gasteiger partial charge in [0, 0.05) is 0 Å². The molecule has 9 heteroatoms. The molecule has 0 atom stereocenters. The molecule has 0 bridgehead atoms. The zero-order valence-electron chi connectivity index (χ0n) is 15.1. The Hall–Kier alpha value is -2.32. The highest BCUT2D eigenvalue weighted by atomic mass is 35.5. The van der Waals surface area contributed by atoms with Crippen LogP contribution in [0.4, 0.5) is 4.39 Å². The number of benzene rings is 2. The number of nitrogens with one attached hydrogen (secondary N) is 1. The van der Waals surface area contributed by atoms with Crippen molar-refractivity contribution >= 4 is 27.8 Å². The fourth-order valence-electron chi connectivity index (χ4n) is 2.11. The van der Waals surface area contributed by atoms with Gasteiger partial charge in [-0.05, 0) is 62.7 Å². The summed E-state index contributed by atoms with van der Waals surface area (Å²) in [6.07, 6.45) is 1.19. The summed E-state index contributed by atoms with van der Waals surface area (Å²) in [5.41, 5.74) is 0.515. The van der Waals surface area contributed by atoms with Gasteiger partial charge in [-0.15, -0.1) is 0 Å². The second-order valence-electron chi connectivity index (χ2n) is 5.74. The van der Waals surface area contributed by atoms with E-state index in [9.17, 15) is 12.8 Å². The van der Waals surface area contributed by atoms with Crippen molar-refractivity contribution in [3.63, 3.8) is 0 Å². The maximum atomic E-state index is 12.9. The lowest BCUT2D eigenvalue weighted by atomic mass is 10.2. The van der Waals surface area contributed by atoms with Gasteiger partial charge in [0.2, 0.25) is 0 Å². The van der Waals surface area contributed by atoms with Crippen LogP contribution in [0.2, 0.25) is 5.02 Å². The van der Waals surface area contributed by atoms with Crippen LogP contribution in [-0.2, 0) is 10.0 Å². The molecule has 2 aromatic rings. The number of sulfonamides is 1. The first-order valence-electron chi connectivity index (χ1n) is 8.16. The second kappa shape index (κ2) is 9.05. The van der Waals surface area contributed by atoms with Crippen LogP contribution in [0.15, 0.2) is 46.4 Å². The van der Waals surface area contributed by atoms with Gasteiger partial charge in [0.1, 0.15) is 5.82 Å². The van der Waals surface area contributed by atoms with Crippen molar-refractivity contribution in [2.75, 3.05) is 6.61 Å². The van der Waals surface area contributed by atoms with E-state index < -0.39 is 15.8 Å². The van der Waals surface area contributed by atoms with Crippen LogP contribution in [-0.4, -0.2) is 27.3 Å². The second-order valence-corrected chi connectivity index (χ2v) is 7.80. The molecule has 0 saturated carbocycles. The highest BCUT2D eigenvalue weighted by molar-refractivity contribution is 7.89. The topological polar surface area (TPSA) is 77.0 Å². The van der Waals surface area contributed by atoms with Crippen molar-refractivity contribution < 1.29 is 22.3 Å². The summed E-state index contributed by atoms with van der Waals surface area (Å²) in [5, 5.41) is 4.05. The highest BCUT2D eigenvalue weighted by Gasteiger charge is 2.15. The Bertz CT molecular complexity index is 916. The predicted octanol–water partition coefficient (Wildman–Crippen LogP) is 3.98. The Morgan fingerprint density at radius 1 is 1.26 bits per heavy atom. The van der Waals surface area contributed by atoms with E-state index in [2.05, 4.69) is 9.93 Å². The average molecular weight is 415 g/mol. The summed E-state index contributed by atoms with van der Waals surface area (Å²) in [4.78, 5) is 1.96. The zero-order chi connectivity index (χ0) is 20.0. The summed E-state index contributed by atoms with van der Waals surface area (Å²) >= 11 is 6.25. The summed E-state index contributed by atoms with van der Waals surface area (Å²) in [5.74, 6) is 0.318. The van der Waals surface area contributed by atoms with Gasteiger partial charge in [-0.25, -0.2) is 9.22 Å². The third-order valence-corrected chi connectivity index (χ3v) is 4.71. The molecule has 0 saturated heterocycles. The standard InChI is InChI=1S/C18H20ClFN2O4S/c1-4-25-17-10-13(9-16(19)18(17)26-12(2)3)11-21-22-27(23,24)15-7-5-14(20)6-8-15/h5-12,22H,4H2,1-3H3/b21-11+. The Kier molecular flexibility index (Phi) is 7.04. The minimum absolute atomic E-state index is 0.0938. The summed E-state index contributed by atoms with van der Waals surface area (Å²) in [7, 11) is -3.91. The number of nitrogens with zero attached hydrogens (tertiary/aromatic N) is 1. The van der Waals surface area contributed by atoms with Gasteiger partial charge in [-0.2, -0.15) is 13.5 Å². The molecule has 0 aliphatic heterocycles. The predicted molar refractivity (Wildman–Crippen MR) is 103 cm³/mol. The quantitative estimate of drug-likeness (QED) is 0.523. The van der Waals surface area contributed by atoms with Gasteiger partial charge >= 0.3 is 0 Å². The van der Waals surface area contributed by atoms with Gasteiger partial charge in [0.15, 0.2) is 11.5 Å². The monoisotopic (exact) mass is 414 g/mol. The first kappa shape index (κ1) is 21.0. The Morgan fingerprint density at radius 2 is 1.93 bits per heavy atom. The van der Waals surface area contributed by atoms with Gasteiger partial charge < -0.3 is 9.47 Å². The molecule has 2 rings (SSSR count). The normalized spacial score (nSPS) is 11.8. The Labute approximate surface area is 163 Å². The highest BCUT2D eigenvalue weighted by Crippen LogP contribution is 2.37. The van der Waals surface area contributed by atoms with Crippen LogP contribution < -0.4 is 14.3 Å². The van der Waals surface area contributed by atoms with Crippen LogP contribution in [0.5, 0.6) is 11.5 Å². The molecule has 146 valence electrons. The smallest absolute Gasteiger partial charge is 0.276 e. The lowest BCUT2D eigenvalue weighted by Gasteiger charge is -2.16. The minimum Gasteiger partial charge on any atom is -0.490 e. The molecular weight excluding hydrogens is 395 g/mol. The molecule has 0 heterocycles. The van der Waals surface area contributed by atoms with E-state index in [0.29, 0.717) is 28.7 Å². The van der Waals surface area contributed by atoms with Gasteiger partial charge in [-0.1, -0.05) is 11.6 Å². The summed E-state index contributed by atoms with van der Waals surface area (Å²) in [6.45, 7) is 5.96. The summed E-state index contributed by atoms with van der Waals surface area (Å²) < 4.78 is 48.4. The molecule has 0 amide bonds. The van der Waals surface area contributed by atoms with E-state index in [4.69, 9.17) is 21.1 Å². The van der Waals surface area contributed by atoms with Crippen LogP contribution >= 0.6 is 11.6 Å². The molecular formula is C18H20ClFN2O4S. The maximum Gasteiger partial charge on any atom is 0.276 e. The molecule has 0 unspecified atom stereocenters. The van der Waals surface area contributed by atoms with E-state index in [1.807, 2.05) is 20.8 Å². The zero-order valence-corrected chi connectivity index (χ0v) is 16.6. The minimum atomic E-state index is -3.91. The van der Waals surface area contributed by atoms with E-state index in [-0.39, 0.29) is 11.0 Å². The largest absolute Gasteiger partial charge is 0.490 e. The average Bonchev–Trinajstić information content (AvgIpc) is 2.58. The molecule has 27 heavy (non-hydrogen) atoms. The first-order valence-corrected chi connectivity index (χ1v) is 10.0. The molecule has 0 fully saturated rings. The molecule has 6 nitrogen and oxygen atoms in total. The number of hydrogen-bond acceptors (Lipinski definition) is 5. The Balaban J connectivity index is 2.22. The third-order valence-electron chi connectivity index (χ3n) is 3.20. The van der Waals surface area contributed by atoms with E-state index in [0.717, 1.165) is 24.3 Å². The van der Waals surface area contributed by atoms with Crippen molar-refractivity contribution in [2.24, 2.45) is 5.10 Å². The molecule has 0 radical (unpaired) electrons. The van der Waals surface area contributed by atoms with Crippen molar-refractivity contribution in [1.82, 2.24) is 4.83 Å². The van der Waals surface area contributed by atoms with E-state index in [1.165, 1.54) is 6.21 Å².